The van der Waals surface area contributed by atoms with Gasteiger partial charge in [-0.3, -0.25) is 14.2 Å². The standard InChI is InChI=1S/C20H21N3O2S2/c1-3-23-19(25)16-15(13-7-5-4-6-8-13)11-26-18(16)22-20(23)27-12(2)17(24)21-14-9-10-14/h4-8,11-12,14H,3,9-10H2,1-2H3,(H,21,24)/t12-/m0/s1. The fraction of sp³-hybridized carbons (Fsp3) is 0.350. The van der Waals surface area contributed by atoms with Crippen LogP contribution in [-0.4, -0.2) is 26.8 Å². The predicted molar refractivity (Wildman–Crippen MR) is 111 cm³/mol. The van der Waals surface area contributed by atoms with Gasteiger partial charge in [-0.2, -0.15) is 0 Å². The molecule has 1 fully saturated rings. The first-order chi connectivity index (χ1) is 13.1. The molecule has 1 aromatic carbocycles. The molecule has 0 saturated heterocycles. The van der Waals surface area contributed by atoms with Crippen LogP contribution in [0.2, 0.25) is 0 Å². The lowest BCUT2D eigenvalue weighted by Crippen LogP contribution is -2.33. The molecule has 5 nitrogen and oxygen atoms in total. The number of carbonyl (C=O) groups excluding carboxylic acids is 1. The number of rotatable bonds is 6. The van der Waals surface area contributed by atoms with Crippen LogP contribution < -0.4 is 10.9 Å². The van der Waals surface area contributed by atoms with E-state index in [1.54, 1.807) is 4.57 Å². The van der Waals surface area contributed by atoms with Crippen molar-refractivity contribution >= 4 is 39.2 Å². The maximum absolute atomic E-state index is 13.2. The van der Waals surface area contributed by atoms with E-state index in [1.807, 2.05) is 49.6 Å². The van der Waals surface area contributed by atoms with Crippen LogP contribution in [-0.2, 0) is 11.3 Å². The van der Waals surface area contributed by atoms with Crippen molar-refractivity contribution in [3.8, 4) is 11.1 Å². The molecule has 1 amide bonds. The molecule has 27 heavy (non-hydrogen) atoms. The maximum atomic E-state index is 13.2. The molecule has 3 aromatic rings. The smallest absolute Gasteiger partial charge is 0.263 e. The van der Waals surface area contributed by atoms with Crippen LogP contribution in [0.25, 0.3) is 21.3 Å². The molecule has 7 heteroatoms. The van der Waals surface area contributed by atoms with Crippen LogP contribution in [0.3, 0.4) is 0 Å². The van der Waals surface area contributed by atoms with E-state index >= 15 is 0 Å². The normalized spacial score (nSPS) is 15.0. The number of nitrogens with zero attached hydrogens (tertiary/aromatic N) is 2. The Labute approximate surface area is 165 Å². The van der Waals surface area contributed by atoms with Gasteiger partial charge in [-0.25, -0.2) is 4.98 Å². The largest absolute Gasteiger partial charge is 0.352 e. The molecule has 2 aromatic heterocycles. The van der Waals surface area contributed by atoms with Gasteiger partial charge < -0.3 is 5.32 Å². The van der Waals surface area contributed by atoms with Crippen molar-refractivity contribution in [2.75, 3.05) is 0 Å². The second-order valence-corrected chi connectivity index (χ2v) is 8.85. The number of benzene rings is 1. The van der Waals surface area contributed by atoms with Crippen molar-refractivity contribution in [1.29, 1.82) is 0 Å². The Morgan fingerprint density at radius 1 is 1.37 bits per heavy atom. The Kier molecular flexibility index (Phi) is 5.06. The van der Waals surface area contributed by atoms with Crippen molar-refractivity contribution in [3.63, 3.8) is 0 Å². The summed E-state index contributed by atoms with van der Waals surface area (Å²) in [4.78, 5) is 30.9. The van der Waals surface area contributed by atoms with Crippen LogP contribution >= 0.6 is 23.1 Å². The summed E-state index contributed by atoms with van der Waals surface area (Å²) >= 11 is 2.83. The highest BCUT2D eigenvalue weighted by Gasteiger charge is 2.27. The summed E-state index contributed by atoms with van der Waals surface area (Å²) in [7, 11) is 0. The van der Waals surface area contributed by atoms with E-state index < -0.39 is 0 Å². The van der Waals surface area contributed by atoms with E-state index in [1.165, 1.54) is 23.1 Å². The molecular weight excluding hydrogens is 378 g/mol. The van der Waals surface area contributed by atoms with E-state index in [2.05, 4.69) is 5.32 Å². The lowest BCUT2D eigenvalue weighted by atomic mass is 10.1. The van der Waals surface area contributed by atoms with E-state index in [4.69, 9.17) is 4.98 Å². The number of amides is 1. The van der Waals surface area contributed by atoms with Gasteiger partial charge >= 0.3 is 0 Å². The van der Waals surface area contributed by atoms with Crippen molar-refractivity contribution in [2.45, 2.75) is 49.7 Å². The summed E-state index contributed by atoms with van der Waals surface area (Å²) in [5.41, 5.74) is 1.90. The van der Waals surface area contributed by atoms with Gasteiger partial charge in [-0.15, -0.1) is 11.3 Å². The van der Waals surface area contributed by atoms with Gasteiger partial charge in [-0.1, -0.05) is 42.1 Å². The molecule has 0 aliphatic heterocycles. The number of thioether (sulfide) groups is 1. The minimum atomic E-state index is -0.290. The van der Waals surface area contributed by atoms with Gasteiger partial charge in [0, 0.05) is 23.5 Å². The van der Waals surface area contributed by atoms with Crippen LogP contribution in [0.4, 0.5) is 0 Å². The Hall–Kier alpha value is -2.12. The zero-order chi connectivity index (χ0) is 19.0. The molecule has 1 atom stereocenters. The summed E-state index contributed by atoms with van der Waals surface area (Å²) in [5.74, 6) is 0.00986. The summed E-state index contributed by atoms with van der Waals surface area (Å²) < 4.78 is 1.67. The SMILES string of the molecule is CCn1c(S[C@@H](C)C(=O)NC2CC2)nc2scc(-c3ccccc3)c2c1=O. The second kappa shape index (κ2) is 7.48. The Morgan fingerprint density at radius 3 is 2.78 bits per heavy atom. The molecule has 140 valence electrons. The summed E-state index contributed by atoms with van der Waals surface area (Å²) in [6.45, 7) is 4.32. The molecule has 1 saturated carbocycles. The molecule has 4 rings (SSSR count). The van der Waals surface area contributed by atoms with E-state index in [9.17, 15) is 9.59 Å². The van der Waals surface area contributed by atoms with Crippen LogP contribution in [0, 0.1) is 0 Å². The minimum absolute atomic E-state index is 0.00986. The Balaban J connectivity index is 1.72. The predicted octanol–water partition coefficient (Wildman–Crippen LogP) is 3.90. The molecule has 1 N–H and O–H groups in total. The third-order valence-electron chi connectivity index (χ3n) is 4.63. The molecule has 0 radical (unpaired) electrons. The van der Waals surface area contributed by atoms with Crippen LogP contribution in [0.5, 0.6) is 0 Å². The number of hydrogen-bond donors (Lipinski definition) is 1. The zero-order valence-corrected chi connectivity index (χ0v) is 16.9. The fourth-order valence-corrected chi connectivity index (χ4v) is 4.93. The lowest BCUT2D eigenvalue weighted by Gasteiger charge is -2.14. The highest BCUT2D eigenvalue weighted by atomic mass is 32.2. The number of nitrogens with one attached hydrogen (secondary N) is 1. The lowest BCUT2D eigenvalue weighted by molar-refractivity contribution is -0.120. The number of carbonyl (C=O) groups is 1. The second-order valence-electron chi connectivity index (χ2n) is 6.68. The third-order valence-corrected chi connectivity index (χ3v) is 6.60. The summed E-state index contributed by atoms with van der Waals surface area (Å²) in [6.07, 6.45) is 2.12. The van der Waals surface area contributed by atoms with Crippen molar-refractivity contribution in [3.05, 3.63) is 46.1 Å². The average Bonchev–Trinajstić information content (AvgIpc) is 3.38. The molecule has 1 aliphatic rings. The fourth-order valence-electron chi connectivity index (χ4n) is 2.96. The Bertz CT molecular complexity index is 1040. The van der Waals surface area contributed by atoms with Crippen molar-refractivity contribution < 1.29 is 4.79 Å². The monoisotopic (exact) mass is 399 g/mol. The number of thiophene rings is 1. The van der Waals surface area contributed by atoms with Crippen molar-refractivity contribution in [1.82, 2.24) is 14.9 Å². The quantitative estimate of drug-likeness (QED) is 0.504. The molecule has 1 aliphatic carbocycles. The number of aromatic nitrogens is 2. The van der Waals surface area contributed by atoms with Gasteiger partial charge in [0.1, 0.15) is 4.83 Å². The van der Waals surface area contributed by atoms with Crippen molar-refractivity contribution in [2.24, 2.45) is 0 Å². The first kappa shape index (κ1) is 18.3. The van der Waals surface area contributed by atoms with Crippen LogP contribution in [0.1, 0.15) is 26.7 Å². The van der Waals surface area contributed by atoms with E-state index in [-0.39, 0.29) is 16.7 Å². The van der Waals surface area contributed by atoms with Gasteiger partial charge in [-0.05, 0) is 32.3 Å². The van der Waals surface area contributed by atoms with E-state index in [0.717, 1.165) is 28.8 Å². The maximum Gasteiger partial charge on any atom is 0.263 e. The average molecular weight is 400 g/mol. The number of fused-ring (bicyclic) bond motifs is 1. The third kappa shape index (κ3) is 3.66. The number of hydrogen-bond acceptors (Lipinski definition) is 5. The molecule has 0 bridgehead atoms. The topological polar surface area (TPSA) is 64.0 Å². The molecule has 2 heterocycles. The first-order valence-electron chi connectivity index (χ1n) is 9.13. The minimum Gasteiger partial charge on any atom is -0.352 e. The van der Waals surface area contributed by atoms with Crippen LogP contribution in [0.15, 0.2) is 45.7 Å². The van der Waals surface area contributed by atoms with Gasteiger partial charge in [0.15, 0.2) is 5.16 Å². The summed E-state index contributed by atoms with van der Waals surface area (Å²) in [6, 6.07) is 10.2. The molecular formula is C20H21N3O2S2. The summed E-state index contributed by atoms with van der Waals surface area (Å²) in [5, 5.41) is 5.98. The molecule has 0 spiro atoms. The van der Waals surface area contributed by atoms with Gasteiger partial charge in [0.25, 0.3) is 5.56 Å². The highest BCUT2D eigenvalue weighted by Crippen LogP contribution is 2.33. The Morgan fingerprint density at radius 2 is 2.11 bits per heavy atom. The first-order valence-corrected chi connectivity index (χ1v) is 10.9. The highest BCUT2D eigenvalue weighted by molar-refractivity contribution is 8.00. The van der Waals surface area contributed by atoms with E-state index in [0.29, 0.717) is 23.1 Å². The molecule has 0 unspecified atom stereocenters. The zero-order valence-electron chi connectivity index (χ0n) is 15.3. The van der Waals surface area contributed by atoms with Gasteiger partial charge in [0.05, 0.1) is 10.6 Å². The van der Waals surface area contributed by atoms with Gasteiger partial charge in [0.2, 0.25) is 5.91 Å².